The van der Waals surface area contributed by atoms with E-state index in [1.807, 2.05) is 0 Å². The number of nitrogens with one attached hydrogen (secondary N) is 2. The van der Waals surface area contributed by atoms with Gasteiger partial charge in [-0.1, -0.05) is 0 Å². The molecule has 6 nitrogen and oxygen atoms in total. The largest absolute Gasteiger partial charge is 0.480 e. The minimum absolute atomic E-state index is 0.0226. The smallest absolute Gasteiger partial charge is 0.405 e. The highest BCUT2D eigenvalue weighted by Gasteiger charge is 2.34. The van der Waals surface area contributed by atoms with Crippen molar-refractivity contribution in [3.05, 3.63) is 0 Å². The maximum absolute atomic E-state index is 11.9. The van der Waals surface area contributed by atoms with E-state index >= 15 is 0 Å². The Balaban J connectivity index is 2.56. The van der Waals surface area contributed by atoms with Crippen LogP contribution in [0.15, 0.2) is 0 Å². The number of carbonyl (C=O) groups is 2. The van der Waals surface area contributed by atoms with Crippen LogP contribution >= 0.6 is 0 Å². The number of hydrogen-bond donors (Lipinski definition) is 3. The van der Waals surface area contributed by atoms with Crippen molar-refractivity contribution in [3.8, 4) is 0 Å². The van der Waals surface area contributed by atoms with Gasteiger partial charge in [0.05, 0.1) is 0 Å². The van der Waals surface area contributed by atoms with Gasteiger partial charge < -0.3 is 20.6 Å². The van der Waals surface area contributed by atoms with E-state index in [0.29, 0.717) is 6.54 Å². The summed E-state index contributed by atoms with van der Waals surface area (Å²) in [6, 6.07) is -2.16. The molecule has 98 valence electrons. The zero-order valence-corrected chi connectivity index (χ0v) is 8.75. The second kappa shape index (κ2) is 5.21. The van der Waals surface area contributed by atoms with Crippen LogP contribution in [0.4, 0.5) is 18.0 Å². The molecular weight excluding hydrogens is 243 g/mol. The fraction of sp³-hybridized carbons (Fsp3) is 0.750. The Kier molecular flexibility index (Phi) is 4.16. The number of rotatable bonds is 2. The van der Waals surface area contributed by atoms with Crippen molar-refractivity contribution >= 4 is 12.0 Å². The van der Waals surface area contributed by atoms with Gasteiger partial charge in [-0.15, -0.1) is 0 Å². The number of hydrogen-bond acceptors (Lipinski definition) is 3. The third-order valence-corrected chi connectivity index (χ3v) is 2.23. The van der Waals surface area contributed by atoms with Crippen LogP contribution in [0, 0.1) is 0 Å². The first-order valence-corrected chi connectivity index (χ1v) is 4.86. The van der Waals surface area contributed by atoms with E-state index in [0.717, 1.165) is 4.90 Å². The lowest BCUT2D eigenvalue weighted by atomic mass is 10.2. The van der Waals surface area contributed by atoms with Gasteiger partial charge in [-0.25, -0.2) is 9.59 Å². The molecule has 0 radical (unpaired) electrons. The van der Waals surface area contributed by atoms with Gasteiger partial charge in [0.1, 0.15) is 12.6 Å². The number of carboxylic acid groups (broad SMARTS) is 1. The lowest BCUT2D eigenvalue weighted by Gasteiger charge is -2.33. The van der Waals surface area contributed by atoms with E-state index < -0.39 is 30.8 Å². The van der Waals surface area contributed by atoms with Gasteiger partial charge in [0.2, 0.25) is 0 Å². The number of alkyl halides is 3. The average Bonchev–Trinajstić information content (AvgIpc) is 2.25. The second-order valence-electron chi connectivity index (χ2n) is 3.53. The summed E-state index contributed by atoms with van der Waals surface area (Å²) in [5.41, 5.74) is 0. The molecule has 0 bridgehead atoms. The maximum atomic E-state index is 11.9. The topological polar surface area (TPSA) is 81.7 Å². The first kappa shape index (κ1) is 13.6. The molecule has 1 aliphatic heterocycles. The molecule has 2 amide bonds. The summed E-state index contributed by atoms with van der Waals surface area (Å²) >= 11 is 0. The van der Waals surface area contributed by atoms with Gasteiger partial charge in [-0.05, 0) is 0 Å². The third kappa shape index (κ3) is 4.10. The molecule has 1 fully saturated rings. The monoisotopic (exact) mass is 255 g/mol. The first-order chi connectivity index (χ1) is 7.81. The Bertz CT molecular complexity index is 308. The second-order valence-corrected chi connectivity index (χ2v) is 3.53. The fourth-order valence-electron chi connectivity index (χ4n) is 1.45. The molecule has 0 aromatic carbocycles. The number of urea groups is 1. The quantitative estimate of drug-likeness (QED) is 0.628. The summed E-state index contributed by atoms with van der Waals surface area (Å²) < 4.78 is 35.6. The number of nitrogens with zero attached hydrogens (tertiary/aromatic N) is 1. The predicted octanol–water partition coefficient (Wildman–Crippen LogP) is -0.383. The molecule has 1 aliphatic rings. The van der Waals surface area contributed by atoms with Crippen LogP contribution in [0.2, 0.25) is 0 Å². The molecule has 1 heterocycles. The van der Waals surface area contributed by atoms with Crippen molar-refractivity contribution in [2.45, 2.75) is 12.2 Å². The molecule has 0 spiro atoms. The molecular formula is C8H12F3N3O3. The predicted molar refractivity (Wildman–Crippen MR) is 50.5 cm³/mol. The molecule has 1 atom stereocenters. The van der Waals surface area contributed by atoms with E-state index in [2.05, 4.69) is 5.32 Å². The normalized spacial score (nSPS) is 21.1. The third-order valence-electron chi connectivity index (χ3n) is 2.23. The maximum Gasteiger partial charge on any atom is 0.405 e. The van der Waals surface area contributed by atoms with Gasteiger partial charge in [0, 0.05) is 19.6 Å². The van der Waals surface area contributed by atoms with Crippen LogP contribution in [0.5, 0.6) is 0 Å². The minimum atomic E-state index is -4.51. The van der Waals surface area contributed by atoms with E-state index in [1.54, 1.807) is 5.32 Å². The molecule has 1 saturated heterocycles. The van der Waals surface area contributed by atoms with Crippen LogP contribution in [0.3, 0.4) is 0 Å². The Morgan fingerprint density at radius 1 is 1.47 bits per heavy atom. The summed E-state index contributed by atoms with van der Waals surface area (Å²) in [5.74, 6) is -1.25. The van der Waals surface area contributed by atoms with E-state index in [4.69, 9.17) is 5.11 Å². The van der Waals surface area contributed by atoms with Crippen molar-refractivity contribution in [2.75, 3.05) is 26.2 Å². The van der Waals surface area contributed by atoms with Crippen LogP contribution in [-0.2, 0) is 4.79 Å². The fourth-order valence-corrected chi connectivity index (χ4v) is 1.45. The van der Waals surface area contributed by atoms with Crippen molar-refractivity contribution < 1.29 is 27.9 Å². The first-order valence-electron chi connectivity index (χ1n) is 4.86. The minimum Gasteiger partial charge on any atom is -0.480 e. The van der Waals surface area contributed by atoms with E-state index in [1.165, 1.54) is 0 Å². The number of carbonyl (C=O) groups excluding carboxylic acids is 1. The van der Waals surface area contributed by atoms with Crippen LogP contribution in [-0.4, -0.2) is 60.4 Å². The molecule has 17 heavy (non-hydrogen) atoms. The summed E-state index contributed by atoms with van der Waals surface area (Å²) in [6.45, 7) is -1.04. The van der Waals surface area contributed by atoms with E-state index in [9.17, 15) is 22.8 Å². The molecule has 0 saturated carbocycles. The highest BCUT2D eigenvalue weighted by Crippen LogP contribution is 2.13. The molecule has 9 heteroatoms. The van der Waals surface area contributed by atoms with Gasteiger partial charge in [0.25, 0.3) is 0 Å². The Morgan fingerprint density at radius 3 is 2.65 bits per heavy atom. The molecule has 0 aromatic rings. The lowest BCUT2D eigenvalue weighted by molar-refractivity contribution is -0.142. The van der Waals surface area contributed by atoms with Crippen molar-refractivity contribution in [3.63, 3.8) is 0 Å². The van der Waals surface area contributed by atoms with Gasteiger partial charge in [-0.3, -0.25) is 0 Å². The van der Waals surface area contributed by atoms with Crippen LogP contribution < -0.4 is 10.6 Å². The number of aliphatic carboxylic acids is 1. The number of amides is 2. The van der Waals surface area contributed by atoms with Crippen LogP contribution in [0.1, 0.15) is 0 Å². The Morgan fingerprint density at radius 2 is 2.12 bits per heavy atom. The SMILES string of the molecule is O=C(O)C1CNCCN1C(=O)NCC(F)(F)F. The summed E-state index contributed by atoms with van der Waals surface area (Å²) in [4.78, 5) is 23.0. The van der Waals surface area contributed by atoms with Crippen molar-refractivity contribution in [1.29, 1.82) is 0 Å². The Labute approximate surface area is 94.8 Å². The van der Waals surface area contributed by atoms with Gasteiger partial charge in [-0.2, -0.15) is 13.2 Å². The lowest BCUT2D eigenvalue weighted by Crippen LogP contribution is -2.59. The number of piperazine rings is 1. The molecule has 3 N–H and O–H groups in total. The van der Waals surface area contributed by atoms with Gasteiger partial charge in [0.15, 0.2) is 0 Å². The zero-order chi connectivity index (χ0) is 13.1. The number of carboxylic acids is 1. The summed E-state index contributed by atoms with van der Waals surface area (Å²) in [5, 5.41) is 13.2. The Hall–Kier alpha value is -1.51. The summed E-state index contributed by atoms with van der Waals surface area (Å²) in [6.07, 6.45) is -4.51. The molecule has 0 aromatic heterocycles. The van der Waals surface area contributed by atoms with Crippen LogP contribution in [0.25, 0.3) is 0 Å². The van der Waals surface area contributed by atoms with Crippen molar-refractivity contribution in [2.24, 2.45) is 0 Å². The highest BCUT2D eigenvalue weighted by molar-refractivity contribution is 5.83. The molecule has 1 unspecified atom stereocenters. The van der Waals surface area contributed by atoms with Crippen molar-refractivity contribution in [1.82, 2.24) is 15.5 Å². The van der Waals surface area contributed by atoms with Gasteiger partial charge >= 0.3 is 18.2 Å². The molecule has 1 rings (SSSR count). The highest BCUT2D eigenvalue weighted by atomic mass is 19.4. The average molecular weight is 255 g/mol. The summed E-state index contributed by atoms with van der Waals surface area (Å²) in [7, 11) is 0. The number of halogens is 3. The van der Waals surface area contributed by atoms with E-state index in [-0.39, 0.29) is 13.1 Å². The standard InChI is InChI=1S/C8H12F3N3O3/c9-8(10,11)4-13-7(17)14-2-1-12-3-5(14)6(15)16/h5,12H,1-4H2,(H,13,17)(H,15,16). The molecule has 0 aliphatic carbocycles. The zero-order valence-electron chi connectivity index (χ0n) is 8.75.